The quantitative estimate of drug-likeness (QED) is 0.413. The molecule has 3 atom stereocenters. The molecular weight excluding hydrogens is 208 g/mol. The van der Waals surface area contributed by atoms with Crippen LogP contribution in [0, 0.1) is 0 Å². The highest BCUT2D eigenvalue weighted by molar-refractivity contribution is 7.74. The number of carbonyl (C=O) groups is 1. The first-order valence-corrected chi connectivity index (χ1v) is 5.15. The Labute approximate surface area is 85.6 Å². The van der Waals surface area contributed by atoms with Gasteiger partial charge in [-0.15, -0.1) is 0 Å². The van der Waals surface area contributed by atoms with E-state index in [0.29, 0.717) is 6.42 Å². The van der Waals surface area contributed by atoms with Crippen molar-refractivity contribution in [2.75, 3.05) is 0 Å². The molecule has 0 spiro atoms. The molecule has 0 aromatic carbocycles. The van der Waals surface area contributed by atoms with E-state index >= 15 is 0 Å². The Kier molecular flexibility index (Phi) is 6.35. The van der Waals surface area contributed by atoms with Crippen molar-refractivity contribution in [1.82, 2.24) is 0 Å². The van der Waals surface area contributed by atoms with E-state index < -0.39 is 29.5 Å². The van der Waals surface area contributed by atoms with Crippen molar-refractivity contribution in [2.45, 2.75) is 32.5 Å². The number of ether oxygens (including phenoxy) is 1. The second-order valence-electron chi connectivity index (χ2n) is 2.61. The fourth-order valence-electron chi connectivity index (χ4n) is 0.891. The molecular formula is C8H14O5S. The highest BCUT2D eigenvalue weighted by Gasteiger charge is 2.21. The molecule has 0 aromatic rings. The Morgan fingerprint density at radius 2 is 2.29 bits per heavy atom. The first-order valence-electron chi connectivity index (χ1n) is 4.12. The minimum atomic E-state index is -2.35. The fraction of sp³-hybridized carbons (Fsp3) is 0.625. The predicted octanol–water partition coefficient (Wildman–Crippen LogP) is 1.04. The average molecular weight is 222 g/mol. The summed E-state index contributed by atoms with van der Waals surface area (Å²) >= 11 is -2.35. The molecule has 82 valence electrons. The lowest BCUT2D eigenvalue weighted by Gasteiger charge is -2.20. The summed E-state index contributed by atoms with van der Waals surface area (Å²) in [6, 6.07) is 0. The van der Waals surface area contributed by atoms with Gasteiger partial charge in [-0.3, -0.25) is 8.74 Å². The van der Waals surface area contributed by atoms with Crippen LogP contribution in [0.3, 0.4) is 0 Å². The minimum absolute atomic E-state index is 0.470. The zero-order chi connectivity index (χ0) is 11.1. The number of esters is 1. The van der Waals surface area contributed by atoms with E-state index in [1.807, 2.05) is 0 Å². The van der Waals surface area contributed by atoms with Crippen molar-refractivity contribution in [1.29, 1.82) is 0 Å². The molecule has 3 unspecified atom stereocenters. The lowest BCUT2D eigenvalue weighted by Crippen LogP contribution is -2.30. The van der Waals surface area contributed by atoms with E-state index in [-0.39, 0.29) is 0 Å². The lowest BCUT2D eigenvalue weighted by molar-refractivity contribution is -0.146. The van der Waals surface area contributed by atoms with Crippen LogP contribution in [0.4, 0.5) is 0 Å². The van der Waals surface area contributed by atoms with Gasteiger partial charge in [0.2, 0.25) is 0 Å². The van der Waals surface area contributed by atoms with Crippen LogP contribution in [0.5, 0.6) is 0 Å². The second-order valence-corrected chi connectivity index (χ2v) is 3.23. The molecule has 0 rings (SSSR count). The van der Waals surface area contributed by atoms with E-state index in [0.717, 1.165) is 6.08 Å². The van der Waals surface area contributed by atoms with Crippen molar-refractivity contribution in [2.24, 2.45) is 0 Å². The predicted molar refractivity (Wildman–Crippen MR) is 51.7 cm³/mol. The average Bonchev–Trinajstić information content (AvgIpc) is 2.13. The van der Waals surface area contributed by atoms with E-state index in [1.54, 1.807) is 13.8 Å². The molecule has 0 saturated heterocycles. The van der Waals surface area contributed by atoms with E-state index in [4.69, 9.17) is 9.29 Å². The Morgan fingerprint density at radius 1 is 1.71 bits per heavy atom. The van der Waals surface area contributed by atoms with Crippen molar-refractivity contribution < 1.29 is 22.5 Å². The molecule has 0 aliphatic rings. The fourth-order valence-corrected chi connectivity index (χ4v) is 1.40. The molecule has 1 N–H and O–H groups in total. The Balaban J connectivity index is 4.16. The normalized spacial score (nSPS) is 16.8. The van der Waals surface area contributed by atoms with Gasteiger partial charge in [0.25, 0.3) is 0 Å². The van der Waals surface area contributed by atoms with Gasteiger partial charge in [-0.05, 0) is 13.3 Å². The summed E-state index contributed by atoms with van der Waals surface area (Å²) in [5.41, 5.74) is 0. The molecule has 0 aromatic heterocycles. The van der Waals surface area contributed by atoms with Crippen LogP contribution in [0.2, 0.25) is 0 Å². The van der Waals surface area contributed by atoms with Gasteiger partial charge in [0.15, 0.2) is 0 Å². The van der Waals surface area contributed by atoms with Crippen LogP contribution in [0.25, 0.3) is 0 Å². The third-order valence-corrected chi connectivity index (χ3v) is 2.01. The van der Waals surface area contributed by atoms with Gasteiger partial charge in [0, 0.05) is 6.08 Å². The minimum Gasteiger partial charge on any atom is -0.457 e. The largest absolute Gasteiger partial charge is 0.457 e. The molecule has 6 heteroatoms. The topological polar surface area (TPSA) is 72.8 Å². The first kappa shape index (κ1) is 13.3. The third kappa shape index (κ3) is 5.11. The molecule has 0 saturated carbocycles. The van der Waals surface area contributed by atoms with Gasteiger partial charge < -0.3 is 4.74 Å². The molecule has 0 aliphatic heterocycles. The number of carbonyl (C=O) groups excluding carboxylic acids is 1. The molecule has 0 amide bonds. The third-order valence-electron chi connectivity index (χ3n) is 1.60. The first-order chi connectivity index (χ1) is 6.51. The highest BCUT2D eigenvalue weighted by atomic mass is 32.2. The van der Waals surface area contributed by atoms with E-state index in [2.05, 4.69) is 10.8 Å². The second kappa shape index (κ2) is 6.69. The molecule has 0 bridgehead atoms. The smallest absolute Gasteiger partial charge is 0.330 e. The summed E-state index contributed by atoms with van der Waals surface area (Å²) in [6.45, 7) is 6.58. The van der Waals surface area contributed by atoms with Gasteiger partial charge in [-0.25, -0.2) is 4.79 Å². The SMILES string of the molecule is C=CC(=O)OC(C)C(CC)OS(=O)O. The summed E-state index contributed by atoms with van der Waals surface area (Å²) in [7, 11) is 0. The molecule has 0 aliphatic carbocycles. The summed E-state index contributed by atoms with van der Waals surface area (Å²) < 4.78 is 28.3. The molecule has 5 nitrogen and oxygen atoms in total. The van der Waals surface area contributed by atoms with Crippen LogP contribution in [0.15, 0.2) is 12.7 Å². The zero-order valence-corrected chi connectivity index (χ0v) is 8.95. The van der Waals surface area contributed by atoms with E-state index in [9.17, 15) is 9.00 Å². The molecule has 14 heavy (non-hydrogen) atoms. The number of hydrogen-bond acceptors (Lipinski definition) is 4. The maximum atomic E-state index is 10.8. The van der Waals surface area contributed by atoms with Crippen molar-refractivity contribution in [3.05, 3.63) is 12.7 Å². The maximum absolute atomic E-state index is 10.8. The Bertz CT molecular complexity index is 228. The molecule has 0 radical (unpaired) electrons. The Hall–Kier alpha value is -0.720. The van der Waals surface area contributed by atoms with Gasteiger partial charge in [0.05, 0.1) is 0 Å². The van der Waals surface area contributed by atoms with Crippen LogP contribution >= 0.6 is 0 Å². The highest BCUT2D eigenvalue weighted by Crippen LogP contribution is 2.09. The van der Waals surface area contributed by atoms with Crippen molar-refractivity contribution >= 4 is 17.3 Å². The summed E-state index contributed by atoms with van der Waals surface area (Å²) in [6.07, 6.45) is 0.322. The van der Waals surface area contributed by atoms with Gasteiger partial charge >= 0.3 is 17.3 Å². The lowest BCUT2D eigenvalue weighted by atomic mass is 10.2. The standard InChI is InChI=1S/C8H14O5S/c1-4-7(13-14(10)11)6(3)12-8(9)5-2/h5-7H,2,4H2,1,3H3,(H,10,11). The zero-order valence-electron chi connectivity index (χ0n) is 8.13. The number of rotatable bonds is 6. The maximum Gasteiger partial charge on any atom is 0.330 e. The van der Waals surface area contributed by atoms with Crippen LogP contribution in [-0.4, -0.2) is 26.9 Å². The van der Waals surface area contributed by atoms with E-state index in [1.165, 1.54) is 0 Å². The monoisotopic (exact) mass is 222 g/mol. The van der Waals surface area contributed by atoms with Crippen molar-refractivity contribution in [3.8, 4) is 0 Å². The van der Waals surface area contributed by atoms with Gasteiger partial charge in [-0.1, -0.05) is 13.5 Å². The molecule has 0 heterocycles. The van der Waals surface area contributed by atoms with Crippen molar-refractivity contribution in [3.63, 3.8) is 0 Å². The van der Waals surface area contributed by atoms with Crippen LogP contribution < -0.4 is 0 Å². The number of hydrogen-bond donors (Lipinski definition) is 1. The van der Waals surface area contributed by atoms with Crippen LogP contribution in [0.1, 0.15) is 20.3 Å². The summed E-state index contributed by atoms with van der Waals surface area (Å²) in [5.74, 6) is -0.580. The van der Waals surface area contributed by atoms with Crippen LogP contribution in [-0.2, 0) is 25.1 Å². The summed E-state index contributed by atoms with van der Waals surface area (Å²) in [5, 5.41) is 0. The van der Waals surface area contributed by atoms with Gasteiger partial charge in [-0.2, -0.15) is 4.21 Å². The molecule has 0 fully saturated rings. The van der Waals surface area contributed by atoms with Gasteiger partial charge in [0.1, 0.15) is 12.2 Å². The Morgan fingerprint density at radius 3 is 2.64 bits per heavy atom. The summed E-state index contributed by atoms with van der Waals surface area (Å²) in [4.78, 5) is 10.8.